The van der Waals surface area contributed by atoms with Crippen LogP contribution in [-0.4, -0.2) is 6.54 Å². The molecule has 0 amide bonds. The predicted octanol–water partition coefficient (Wildman–Crippen LogP) is 3.12. The molecule has 1 N–H and O–H groups in total. The topological polar surface area (TPSA) is 25.2 Å². The highest BCUT2D eigenvalue weighted by molar-refractivity contribution is 14.1. The molecule has 0 saturated carbocycles. The summed E-state index contributed by atoms with van der Waals surface area (Å²) < 4.78 is 6.77. The normalized spacial score (nSPS) is 19.4. The van der Waals surface area contributed by atoms with Gasteiger partial charge in [0, 0.05) is 22.1 Å². The molecule has 2 nitrogen and oxygen atoms in total. The van der Waals surface area contributed by atoms with E-state index in [0.29, 0.717) is 0 Å². The van der Waals surface area contributed by atoms with E-state index in [9.17, 15) is 0 Å². The van der Waals surface area contributed by atoms with Crippen LogP contribution in [0, 0.1) is 3.57 Å². The summed E-state index contributed by atoms with van der Waals surface area (Å²) in [6.45, 7) is 0.983. The van der Waals surface area contributed by atoms with E-state index in [2.05, 4.69) is 58.2 Å². The number of hydrogen-bond donors (Lipinski definition) is 1. The highest BCUT2D eigenvalue weighted by atomic mass is 127. The average Bonchev–Trinajstić information content (AvgIpc) is 2.76. The molecule has 0 bridgehead atoms. The lowest BCUT2D eigenvalue weighted by Gasteiger charge is -2.23. The third kappa shape index (κ3) is 1.78. The Morgan fingerprint density at radius 3 is 3.12 bits per heavy atom. The fourth-order valence-corrected chi connectivity index (χ4v) is 2.80. The van der Waals surface area contributed by atoms with E-state index in [-0.39, 0.29) is 6.04 Å². The summed E-state index contributed by atoms with van der Waals surface area (Å²) >= 11 is 2.35. The lowest BCUT2D eigenvalue weighted by molar-refractivity contribution is 0.456. The van der Waals surface area contributed by atoms with Gasteiger partial charge in [-0.1, -0.05) is 12.1 Å². The van der Waals surface area contributed by atoms with Crippen LogP contribution in [0.25, 0.3) is 0 Å². The zero-order valence-electron chi connectivity index (χ0n) is 8.74. The van der Waals surface area contributed by atoms with Gasteiger partial charge in [0.15, 0.2) is 0 Å². The maximum absolute atomic E-state index is 5.50. The van der Waals surface area contributed by atoms with Crippen molar-refractivity contribution >= 4 is 22.6 Å². The molecule has 0 saturated heterocycles. The van der Waals surface area contributed by atoms with Crippen molar-refractivity contribution in [3.8, 4) is 0 Å². The molecule has 1 unspecified atom stereocenters. The lowest BCUT2D eigenvalue weighted by atomic mass is 9.95. The number of halogens is 1. The van der Waals surface area contributed by atoms with E-state index in [1.807, 2.05) is 0 Å². The quantitative estimate of drug-likeness (QED) is 0.815. The van der Waals surface area contributed by atoms with Crippen LogP contribution in [0.15, 0.2) is 41.0 Å². The van der Waals surface area contributed by atoms with Gasteiger partial charge >= 0.3 is 0 Å². The molecule has 0 spiro atoms. The van der Waals surface area contributed by atoms with Gasteiger partial charge in [-0.2, -0.15) is 0 Å². The number of rotatable bonds is 1. The second-order valence-corrected chi connectivity index (χ2v) is 5.24. The lowest BCUT2D eigenvalue weighted by Crippen LogP contribution is -2.29. The van der Waals surface area contributed by atoms with Crippen LogP contribution in [0.5, 0.6) is 0 Å². The first-order valence-corrected chi connectivity index (χ1v) is 6.47. The highest BCUT2D eigenvalue weighted by Crippen LogP contribution is 2.29. The predicted molar refractivity (Wildman–Crippen MR) is 71.4 cm³/mol. The highest BCUT2D eigenvalue weighted by Gasteiger charge is 2.23. The maximum atomic E-state index is 5.50. The maximum Gasteiger partial charge on any atom is 0.110 e. The van der Waals surface area contributed by atoms with Crippen LogP contribution in [0.2, 0.25) is 0 Å². The minimum Gasteiger partial charge on any atom is -0.469 e. The molecule has 1 aromatic heterocycles. The molecule has 2 aromatic rings. The minimum absolute atomic E-state index is 0.289. The van der Waals surface area contributed by atoms with Gasteiger partial charge in [0.2, 0.25) is 0 Å². The van der Waals surface area contributed by atoms with Crippen molar-refractivity contribution in [2.24, 2.45) is 0 Å². The molecule has 16 heavy (non-hydrogen) atoms. The minimum atomic E-state index is 0.289. The first-order chi connectivity index (χ1) is 7.84. The zero-order valence-corrected chi connectivity index (χ0v) is 10.9. The summed E-state index contributed by atoms with van der Waals surface area (Å²) in [7, 11) is 0. The van der Waals surface area contributed by atoms with Crippen molar-refractivity contribution in [3.63, 3.8) is 0 Å². The molecule has 1 aliphatic rings. The monoisotopic (exact) mass is 325 g/mol. The smallest absolute Gasteiger partial charge is 0.110 e. The first-order valence-electron chi connectivity index (χ1n) is 5.40. The Bertz CT molecular complexity index is 506. The summed E-state index contributed by atoms with van der Waals surface area (Å²) in [6, 6.07) is 11.0. The van der Waals surface area contributed by atoms with Gasteiger partial charge in [-0.15, -0.1) is 0 Å². The van der Waals surface area contributed by atoms with Gasteiger partial charge in [-0.05, 0) is 46.4 Å². The van der Waals surface area contributed by atoms with Crippen molar-refractivity contribution in [2.45, 2.75) is 12.5 Å². The van der Waals surface area contributed by atoms with Gasteiger partial charge < -0.3 is 9.73 Å². The molecular formula is C13H12INO. The fourth-order valence-electron chi connectivity index (χ4n) is 2.23. The number of hydrogen-bond acceptors (Lipinski definition) is 2. The standard InChI is InChI=1S/C13H12INO/c14-10-3-1-2-9(8-10)13-11-5-7-16-12(11)4-6-15-13/h1-3,5,7-8,13,15H,4,6H2. The van der Waals surface area contributed by atoms with Crippen LogP contribution < -0.4 is 5.32 Å². The fraction of sp³-hybridized carbons (Fsp3) is 0.231. The van der Waals surface area contributed by atoms with Gasteiger partial charge in [-0.3, -0.25) is 0 Å². The second-order valence-electron chi connectivity index (χ2n) is 3.99. The van der Waals surface area contributed by atoms with E-state index in [4.69, 9.17) is 4.42 Å². The van der Waals surface area contributed by atoms with E-state index < -0.39 is 0 Å². The third-order valence-corrected chi connectivity index (χ3v) is 3.64. The molecule has 0 radical (unpaired) electrons. The Balaban J connectivity index is 2.04. The molecule has 0 aliphatic carbocycles. The Morgan fingerprint density at radius 2 is 2.25 bits per heavy atom. The molecule has 1 aromatic carbocycles. The molecule has 0 fully saturated rings. The number of nitrogens with one attached hydrogen (secondary N) is 1. The molecule has 3 heteroatoms. The van der Waals surface area contributed by atoms with E-state index >= 15 is 0 Å². The Labute approximate surface area is 108 Å². The van der Waals surface area contributed by atoms with Crippen molar-refractivity contribution in [1.29, 1.82) is 0 Å². The van der Waals surface area contributed by atoms with E-state index in [1.54, 1.807) is 6.26 Å². The van der Waals surface area contributed by atoms with Crippen molar-refractivity contribution < 1.29 is 4.42 Å². The number of fused-ring (bicyclic) bond motifs is 1. The third-order valence-electron chi connectivity index (χ3n) is 2.97. The Hall–Kier alpha value is -0.810. The van der Waals surface area contributed by atoms with Gasteiger partial charge in [-0.25, -0.2) is 0 Å². The molecule has 2 heterocycles. The van der Waals surface area contributed by atoms with Crippen molar-refractivity contribution in [1.82, 2.24) is 5.32 Å². The van der Waals surface area contributed by atoms with Crippen LogP contribution in [0.4, 0.5) is 0 Å². The van der Waals surface area contributed by atoms with Crippen LogP contribution >= 0.6 is 22.6 Å². The summed E-state index contributed by atoms with van der Waals surface area (Å²) in [4.78, 5) is 0. The summed E-state index contributed by atoms with van der Waals surface area (Å²) in [5.74, 6) is 1.13. The van der Waals surface area contributed by atoms with Crippen molar-refractivity contribution in [2.75, 3.05) is 6.54 Å². The average molecular weight is 325 g/mol. The second kappa shape index (κ2) is 4.22. The largest absolute Gasteiger partial charge is 0.469 e. The summed E-state index contributed by atoms with van der Waals surface area (Å²) in [5.41, 5.74) is 2.60. The van der Waals surface area contributed by atoms with Crippen LogP contribution in [0.3, 0.4) is 0 Å². The van der Waals surface area contributed by atoms with Crippen LogP contribution in [-0.2, 0) is 6.42 Å². The molecule has 3 rings (SSSR count). The van der Waals surface area contributed by atoms with E-state index in [0.717, 1.165) is 18.7 Å². The number of furan rings is 1. The molecular weight excluding hydrogens is 313 g/mol. The molecule has 82 valence electrons. The Kier molecular flexibility index (Phi) is 2.73. The Morgan fingerprint density at radius 1 is 1.31 bits per heavy atom. The first kappa shape index (κ1) is 10.4. The summed E-state index contributed by atoms with van der Waals surface area (Å²) in [5, 5.41) is 3.54. The van der Waals surface area contributed by atoms with E-state index in [1.165, 1.54) is 14.7 Å². The SMILES string of the molecule is Ic1cccc(C2NCCc3occc32)c1. The molecule has 1 atom stereocenters. The summed E-state index contributed by atoms with van der Waals surface area (Å²) in [6.07, 6.45) is 2.78. The van der Waals surface area contributed by atoms with Crippen LogP contribution in [0.1, 0.15) is 22.9 Å². The van der Waals surface area contributed by atoms with Gasteiger partial charge in [0.05, 0.1) is 12.3 Å². The molecule has 1 aliphatic heterocycles. The zero-order chi connectivity index (χ0) is 11.0. The van der Waals surface area contributed by atoms with Gasteiger partial charge in [0.1, 0.15) is 5.76 Å². The van der Waals surface area contributed by atoms with Crippen molar-refractivity contribution in [3.05, 3.63) is 57.1 Å². The van der Waals surface area contributed by atoms with Gasteiger partial charge in [0.25, 0.3) is 0 Å². The number of benzene rings is 1.